The van der Waals surface area contributed by atoms with Gasteiger partial charge in [0.2, 0.25) is 0 Å². The van der Waals surface area contributed by atoms with Crippen molar-refractivity contribution < 1.29 is 13.6 Å². The Morgan fingerprint density at radius 3 is 2.32 bits per heavy atom. The van der Waals surface area contributed by atoms with Crippen LogP contribution in [0.2, 0.25) is 5.02 Å². The van der Waals surface area contributed by atoms with Crippen molar-refractivity contribution in [2.75, 3.05) is 11.1 Å². The maximum Gasteiger partial charge on any atom is 0.257 e. The number of para-hydroxylation sites is 2. The summed E-state index contributed by atoms with van der Waals surface area (Å²) in [7, 11) is 0. The molecule has 0 saturated heterocycles. The first-order valence-electron chi connectivity index (χ1n) is 5.30. The highest BCUT2D eigenvalue weighted by Gasteiger charge is 2.16. The van der Waals surface area contributed by atoms with Gasteiger partial charge in [-0.15, -0.1) is 0 Å². The predicted molar refractivity (Wildman–Crippen MR) is 70.2 cm³/mol. The van der Waals surface area contributed by atoms with Crippen LogP contribution >= 0.6 is 11.6 Å². The van der Waals surface area contributed by atoms with Crippen LogP contribution < -0.4 is 11.1 Å². The minimum atomic E-state index is -0.867. The van der Waals surface area contributed by atoms with Crippen LogP contribution in [0.5, 0.6) is 0 Å². The van der Waals surface area contributed by atoms with Crippen LogP contribution in [0.15, 0.2) is 36.4 Å². The lowest BCUT2D eigenvalue weighted by atomic mass is 10.1. The minimum absolute atomic E-state index is 0.0511. The number of rotatable bonds is 2. The van der Waals surface area contributed by atoms with E-state index in [1.807, 2.05) is 0 Å². The maximum absolute atomic E-state index is 13.4. The van der Waals surface area contributed by atoms with Gasteiger partial charge in [-0.3, -0.25) is 4.79 Å². The first kappa shape index (κ1) is 13.3. The number of amides is 1. The zero-order chi connectivity index (χ0) is 14.0. The molecular weight excluding hydrogens is 274 g/mol. The highest BCUT2D eigenvalue weighted by Crippen LogP contribution is 2.24. The number of hydrogen-bond donors (Lipinski definition) is 2. The third kappa shape index (κ3) is 2.66. The molecule has 98 valence electrons. The highest BCUT2D eigenvalue weighted by atomic mass is 35.5. The van der Waals surface area contributed by atoms with E-state index in [-0.39, 0.29) is 16.3 Å². The molecule has 0 aliphatic heterocycles. The molecule has 0 spiro atoms. The van der Waals surface area contributed by atoms with Crippen LogP contribution in [-0.4, -0.2) is 5.91 Å². The Kier molecular flexibility index (Phi) is 3.66. The van der Waals surface area contributed by atoms with Gasteiger partial charge < -0.3 is 11.1 Å². The first-order valence-corrected chi connectivity index (χ1v) is 5.68. The van der Waals surface area contributed by atoms with Gasteiger partial charge >= 0.3 is 0 Å². The van der Waals surface area contributed by atoms with E-state index in [9.17, 15) is 13.6 Å². The molecule has 0 heterocycles. The van der Waals surface area contributed by atoms with E-state index in [1.165, 1.54) is 24.3 Å². The first-order chi connectivity index (χ1) is 9.00. The summed E-state index contributed by atoms with van der Waals surface area (Å²) in [6.07, 6.45) is 0. The molecule has 0 radical (unpaired) electrons. The zero-order valence-corrected chi connectivity index (χ0v) is 10.3. The van der Waals surface area contributed by atoms with Gasteiger partial charge in [-0.05, 0) is 24.3 Å². The Labute approximate surface area is 113 Å². The summed E-state index contributed by atoms with van der Waals surface area (Å²) in [5.74, 6) is -2.47. The lowest BCUT2D eigenvalue weighted by Gasteiger charge is -2.09. The zero-order valence-electron chi connectivity index (χ0n) is 9.58. The second-order valence-corrected chi connectivity index (χ2v) is 4.16. The van der Waals surface area contributed by atoms with E-state index in [0.29, 0.717) is 0 Å². The van der Waals surface area contributed by atoms with Crippen LogP contribution in [0.4, 0.5) is 20.2 Å². The average molecular weight is 283 g/mol. The van der Waals surface area contributed by atoms with E-state index >= 15 is 0 Å². The molecule has 0 atom stereocenters. The maximum atomic E-state index is 13.4. The Bertz CT molecular complexity index is 626. The molecule has 0 saturated carbocycles. The lowest BCUT2D eigenvalue weighted by Crippen LogP contribution is -2.16. The molecule has 2 aromatic rings. The van der Waals surface area contributed by atoms with E-state index < -0.39 is 23.2 Å². The smallest absolute Gasteiger partial charge is 0.257 e. The van der Waals surface area contributed by atoms with Crippen LogP contribution in [0, 0.1) is 11.6 Å². The number of nitrogen functional groups attached to an aromatic ring is 1. The van der Waals surface area contributed by atoms with Crippen LogP contribution in [-0.2, 0) is 0 Å². The number of carbonyl (C=O) groups is 1. The van der Waals surface area contributed by atoms with Gasteiger partial charge in [-0.1, -0.05) is 23.7 Å². The van der Waals surface area contributed by atoms with Crippen molar-refractivity contribution in [1.82, 2.24) is 0 Å². The predicted octanol–water partition coefficient (Wildman–Crippen LogP) is 3.45. The third-order valence-electron chi connectivity index (χ3n) is 2.50. The van der Waals surface area contributed by atoms with Crippen molar-refractivity contribution in [1.29, 1.82) is 0 Å². The number of carbonyl (C=O) groups excluding carboxylic acids is 1. The molecule has 0 bridgehead atoms. The Morgan fingerprint density at radius 2 is 1.68 bits per heavy atom. The average Bonchev–Trinajstić information content (AvgIpc) is 2.37. The van der Waals surface area contributed by atoms with Crippen molar-refractivity contribution in [2.45, 2.75) is 0 Å². The Hall–Kier alpha value is -2.14. The van der Waals surface area contributed by atoms with Gasteiger partial charge in [0.15, 0.2) is 0 Å². The highest BCUT2D eigenvalue weighted by molar-refractivity contribution is 6.34. The largest absolute Gasteiger partial charge is 0.397 e. The fourth-order valence-electron chi connectivity index (χ4n) is 1.53. The van der Waals surface area contributed by atoms with Gasteiger partial charge in [0.25, 0.3) is 5.91 Å². The van der Waals surface area contributed by atoms with Crippen LogP contribution in [0.25, 0.3) is 0 Å². The summed E-state index contributed by atoms with van der Waals surface area (Å²) in [6, 6.07) is 7.73. The molecular formula is C13H9ClF2N2O. The molecule has 1 amide bonds. The molecule has 0 fully saturated rings. The van der Waals surface area contributed by atoms with Crippen molar-refractivity contribution in [3.8, 4) is 0 Å². The number of benzene rings is 2. The van der Waals surface area contributed by atoms with Gasteiger partial charge in [0.05, 0.1) is 16.3 Å². The molecule has 6 heteroatoms. The topological polar surface area (TPSA) is 55.1 Å². The molecule has 2 aromatic carbocycles. The molecule has 3 N–H and O–H groups in total. The van der Waals surface area contributed by atoms with Crippen molar-refractivity contribution >= 4 is 28.9 Å². The number of halogens is 3. The Morgan fingerprint density at radius 1 is 1.11 bits per heavy atom. The monoisotopic (exact) mass is 282 g/mol. The van der Waals surface area contributed by atoms with Crippen LogP contribution in [0.3, 0.4) is 0 Å². The van der Waals surface area contributed by atoms with Crippen LogP contribution in [0.1, 0.15) is 10.4 Å². The fraction of sp³-hybridized carbons (Fsp3) is 0. The Balaban J connectivity index is 2.34. The fourth-order valence-corrected chi connectivity index (χ4v) is 1.71. The molecule has 3 nitrogen and oxygen atoms in total. The molecule has 19 heavy (non-hydrogen) atoms. The summed E-state index contributed by atoms with van der Waals surface area (Å²) in [6.45, 7) is 0. The quantitative estimate of drug-likeness (QED) is 0.829. The van der Waals surface area contributed by atoms with Crippen molar-refractivity contribution in [3.05, 3.63) is 58.6 Å². The van der Waals surface area contributed by atoms with Crippen molar-refractivity contribution in [2.24, 2.45) is 0 Å². The van der Waals surface area contributed by atoms with E-state index in [4.69, 9.17) is 17.3 Å². The summed E-state index contributed by atoms with van der Waals surface area (Å²) in [5, 5.41) is 2.33. The van der Waals surface area contributed by atoms with Crippen molar-refractivity contribution in [3.63, 3.8) is 0 Å². The summed E-state index contributed by atoms with van der Waals surface area (Å²) < 4.78 is 26.8. The van der Waals surface area contributed by atoms with Gasteiger partial charge in [-0.25, -0.2) is 8.78 Å². The van der Waals surface area contributed by atoms with Gasteiger partial charge in [-0.2, -0.15) is 0 Å². The van der Waals surface area contributed by atoms with Gasteiger partial charge in [0.1, 0.15) is 17.3 Å². The van der Waals surface area contributed by atoms with Gasteiger partial charge in [0, 0.05) is 0 Å². The normalized spacial score (nSPS) is 10.3. The standard InChI is InChI=1S/C13H9ClF2N2O/c14-8-4-1-3-7(11(8)17)13(19)18-12-9(15)5-2-6-10(12)16/h1-6H,17H2,(H,18,19). The summed E-state index contributed by atoms with van der Waals surface area (Å²) >= 11 is 5.77. The third-order valence-corrected chi connectivity index (χ3v) is 2.83. The molecule has 2 rings (SSSR count). The number of hydrogen-bond acceptors (Lipinski definition) is 2. The number of nitrogens with two attached hydrogens (primary N) is 1. The second kappa shape index (κ2) is 5.24. The molecule has 0 aromatic heterocycles. The second-order valence-electron chi connectivity index (χ2n) is 3.75. The summed E-state index contributed by atoms with van der Waals surface area (Å²) in [4.78, 5) is 11.9. The lowest BCUT2D eigenvalue weighted by molar-refractivity contribution is 0.102. The minimum Gasteiger partial charge on any atom is -0.397 e. The summed E-state index contributed by atoms with van der Waals surface area (Å²) in [5.41, 5.74) is 5.22. The van der Waals surface area contributed by atoms with E-state index in [1.54, 1.807) is 0 Å². The SMILES string of the molecule is Nc1c(Cl)cccc1C(=O)Nc1c(F)cccc1F. The molecule has 0 aliphatic carbocycles. The van der Waals surface area contributed by atoms with E-state index in [2.05, 4.69) is 5.32 Å². The molecule has 0 unspecified atom stereocenters. The number of nitrogens with one attached hydrogen (secondary N) is 1. The number of anilines is 2. The molecule has 0 aliphatic rings. The van der Waals surface area contributed by atoms with E-state index in [0.717, 1.165) is 12.1 Å².